The van der Waals surface area contributed by atoms with Crippen molar-refractivity contribution < 1.29 is 0 Å². The van der Waals surface area contributed by atoms with Gasteiger partial charge in [-0.2, -0.15) is 0 Å². The van der Waals surface area contributed by atoms with E-state index in [0.29, 0.717) is 16.0 Å². The normalized spacial score (nSPS) is 21.4. The summed E-state index contributed by atoms with van der Waals surface area (Å²) in [5.41, 5.74) is 10.2. The van der Waals surface area contributed by atoms with Crippen LogP contribution in [0.5, 0.6) is 0 Å². The maximum Gasteiger partial charge on any atom is 0.0595 e. The SMILES string of the molecule is N[C@@H]1Cc2ccccc2[C@@H]1Cc1ccc(Cl)c(Cl)c1. The number of hydrogen-bond acceptors (Lipinski definition) is 1. The minimum Gasteiger partial charge on any atom is -0.327 e. The minimum absolute atomic E-state index is 0.187. The van der Waals surface area contributed by atoms with Crippen LogP contribution in [0, 0.1) is 0 Å². The molecule has 0 spiro atoms. The second-order valence-corrected chi connectivity index (χ2v) is 5.94. The molecule has 19 heavy (non-hydrogen) atoms. The standard InChI is InChI=1S/C16H15Cl2N/c17-14-6-5-10(8-15(14)18)7-13-12-4-2-1-3-11(12)9-16(13)19/h1-6,8,13,16H,7,9,19H2/t13-,16+/m0/s1. The summed E-state index contributed by atoms with van der Waals surface area (Å²) in [6.45, 7) is 0. The van der Waals surface area contributed by atoms with E-state index in [1.165, 1.54) is 16.7 Å². The first kappa shape index (κ1) is 13.0. The summed E-state index contributed by atoms with van der Waals surface area (Å²) >= 11 is 12.0. The van der Waals surface area contributed by atoms with Gasteiger partial charge in [-0.05, 0) is 41.7 Å². The van der Waals surface area contributed by atoms with Crippen LogP contribution in [0.25, 0.3) is 0 Å². The zero-order valence-corrected chi connectivity index (χ0v) is 12.0. The fourth-order valence-electron chi connectivity index (χ4n) is 2.89. The molecule has 0 fully saturated rings. The monoisotopic (exact) mass is 291 g/mol. The van der Waals surface area contributed by atoms with E-state index in [9.17, 15) is 0 Å². The van der Waals surface area contributed by atoms with Gasteiger partial charge in [-0.25, -0.2) is 0 Å². The summed E-state index contributed by atoms with van der Waals surface area (Å²) < 4.78 is 0. The molecule has 2 aromatic carbocycles. The molecule has 0 saturated heterocycles. The number of halogens is 2. The predicted molar refractivity (Wildman–Crippen MR) is 81.0 cm³/mol. The van der Waals surface area contributed by atoms with Gasteiger partial charge in [-0.15, -0.1) is 0 Å². The van der Waals surface area contributed by atoms with Crippen LogP contribution in [-0.2, 0) is 12.8 Å². The first-order chi connectivity index (χ1) is 9.15. The van der Waals surface area contributed by atoms with Gasteiger partial charge in [0.15, 0.2) is 0 Å². The van der Waals surface area contributed by atoms with Crippen LogP contribution in [0.15, 0.2) is 42.5 Å². The van der Waals surface area contributed by atoms with Crippen LogP contribution in [-0.4, -0.2) is 6.04 Å². The molecule has 0 radical (unpaired) electrons. The number of rotatable bonds is 2. The van der Waals surface area contributed by atoms with Crippen molar-refractivity contribution in [2.45, 2.75) is 24.8 Å². The second kappa shape index (κ2) is 5.16. The molecule has 0 aromatic heterocycles. The Morgan fingerprint density at radius 1 is 1.05 bits per heavy atom. The van der Waals surface area contributed by atoms with Gasteiger partial charge in [-0.3, -0.25) is 0 Å². The molecule has 1 nitrogen and oxygen atoms in total. The van der Waals surface area contributed by atoms with Crippen LogP contribution in [0.1, 0.15) is 22.6 Å². The van der Waals surface area contributed by atoms with Gasteiger partial charge in [0.2, 0.25) is 0 Å². The van der Waals surface area contributed by atoms with Crippen LogP contribution >= 0.6 is 23.2 Å². The van der Waals surface area contributed by atoms with E-state index >= 15 is 0 Å². The highest BCUT2D eigenvalue weighted by Crippen LogP contribution is 2.35. The average molecular weight is 292 g/mol. The molecule has 2 N–H and O–H groups in total. The van der Waals surface area contributed by atoms with Crippen molar-refractivity contribution in [3.05, 3.63) is 69.2 Å². The number of benzene rings is 2. The quantitative estimate of drug-likeness (QED) is 0.882. The maximum atomic E-state index is 6.29. The first-order valence-electron chi connectivity index (χ1n) is 6.42. The Bertz CT molecular complexity index is 609. The third-order valence-electron chi connectivity index (χ3n) is 3.87. The Kier molecular flexibility index (Phi) is 3.53. The van der Waals surface area contributed by atoms with Gasteiger partial charge >= 0.3 is 0 Å². The lowest BCUT2D eigenvalue weighted by Crippen LogP contribution is -2.26. The lowest BCUT2D eigenvalue weighted by molar-refractivity contribution is 0.570. The molecular formula is C16H15Cl2N. The Morgan fingerprint density at radius 2 is 1.84 bits per heavy atom. The maximum absolute atomic E-state index is 6.29. The second-order valence-electron chi connectivity index (χ2n) is 5.13. The fourth-order valence-corrected chi connectivity index (χ4v) is 3.21. The zero-order valence-electron chi connectivity index (χ0n) is 10.4. The molecule has 0 amide bonds. The molecule has 1 aliphatic rings. The molecule has 3 rings (SSSR count). The fraction of sp³-hybridized carbons (Fsp3) is 0.250. The van der Waals surface area contributed by atoms with Crippen molar-refractivity contribution in [2.75, 3.05) is 0 Å². The molecule has 0 unspecified atom stereocenters. The highest BCUT2D eigenvalue weighted by atomic mass is 35.5. The molecule has 1 aliphatic carbocycles. The molecule has 0 aliphatic heterocycles. The lowest BCUT2D eigenvalue weighted by Gasteiger charge is -2.17. The highest BCUT2D eigenvalue weighted by molar-refractivity contribution is 6.42. The highest BCUT2D eigenvalue weighted by Gasteiger charge is 2.29. The van der Waals surface area contributed by atoms with E-state index in [4.69, 9.17) is 28.9 Å². The van der Waals surface area contributed by atoms with Crippen molar-refractivity contribution in [2.24, 2.45) is 5.73 Å². The van der Waals surface area contributed by atoms with E-state index in [0.717, 1.165) is 12.8 Å². The van der Waals surface area contributed by atoms with Crippen molar-refractivity contribution in [1.82, 2.24) is 0 Å². The topological polar surface area (TPSA) is 26.0 Å². The van der Waals surface area contributed by atoms with Crippen molar-refractivity contribution in [3.8, 4) is 0 Å². The van der Waals surface area contributed by atoms with Crippen molar-refractivity contribution in [1.29, 1.82) is 0 Å². The van der Waals surface area contributed by atoms with Gasteiger partial charge in [0.1, 0.15) is 0 Å². The summed E-state index contributed by atoms with van der Waals surface area (Å²) in [4.78, 5) is 0. The third kappa shape index (κ3) is 2.51. The van der Waals surface area contributed by atoms with E-state index in [1.807, 2.05) is 18.2 Å². The van der Waals surface area contributed by atoms with Gasteiger partial charge in [0.05, 0.1) is 10.0 Å². The van der Waals surface area contributed by atoms with Crippen LogP contribution < -0.4 is 5.73 Å². The lowest BCUT2D eigenvalue weighted by atomic mass is 9.91. The summed E-state index contributed by atoms with van der Waals surface area (Å²) in [5, 5.41) is 1.21. The number of fused-ring (bicyclic) bond motifs is 1. The third-order valence-corrected chi connectivity index (χ3v) is 4.61. The minimum atomic E-state index is 0.187. The van der Waals surface area contributed by atoms with Gasteiger partial charge in [-0.1, -0.05) is 53.5 Å². The van der Waals surface area contributed by atoms with Crippen molar-refractivity contribution >= 4 is 23.2 Å². The average Bonchev–Trinajstić information content (AvgIpc) is 2.71. The summed E-state index contributed by atoms with van der Waals surface area (Å²) in [7, 11) is 0. The number of hydrogen-bond donors (Lipinski definition) is 1. The number of nitrogens with two attached hydrogens (primary N) is 1. The molecular weight excluding hydrogens is 277 g/mol. The smallest absolute Gasteiger partial charge is 0.0595 e. The van der Waals surface area contributed by atoms with Gasteiger partial charge in [0.25, 0.3) is 0 Å². The van der Waals surface area contributed by atoms with E-state index in [1.54, 1.807) is 0 Å². The molecule has 2 atom stereocenters. The van der Waals surface area contributed by atoms with Crippen molar-refractivity contribution in [3.63, 3.8) is 0 Å². The van der Waals surface area contributed by atoms with Crippen LogP contribution in [0.3, 0.4) is 0 Å². The van der Waals surface area contributed by atoms with E-state index < -0.39 is 0 Å². The molecule has 0 saturated carbocycles. The zero-order chi connectivity index (χ0) is 13.4. The molecule has 2 aromatic rings. The summed E-state index contributed by atoms with van der Waals surface area (Å²) in [5.74, 6) is 0.369. The van der Waals surface area contributed by atoms with Gasteiger partial charge < -0.3 is 5.73 Å². The van der Waals surface area contributed by atoms with Crippen LogP contribution in [0.2, 0.25) is 10.0 Å². The molecule has 3 heteroatoms. The Balaban J connectivity index is 1.89. The predicted octanol–water partition coefficient (Wildman–Crippen LogP) is 4.20. The van der Waals surface area contributed by atoms with Crippen LogP contribution in [0.4, 0.5) is 0 Å². The van der Waals surface area contributed by atoms with Gasteiger partial charge in [0, 0.05) is 12.0 Å². The first-order valence-corrected chi connectivity index (χ1v) is 7.18. The summed E-state index contributed by atoms with van der Waals surface area (Å²) in [6.07, 6.45) is 1.87. The molecule has 0 bridgehead atoms. The largest absolute Gasteiger partial charge is 0.327 e. The Hall–Kier alpha value is -1.02. The molecule has 98 valence electrons. The Labute approximate surface area is 123 Å². The molecule has 0 heterocycles. The van der Waals surface area contributed by atoms with E-state index in [-0.39, 0.29) is 6.04 Å². The Morgan fingerprint density at radius 3 is 2.63 bits per heavy atom. The summed E-state index contributed by atoms with van der Waals surface area (Å²) in [6, 6.07) is 14.5. The van der Waals surface area contributed by atoms with E-state index in [2.05, 4.69) is 24.3 Å².